The van der Waals surface area contributed by atoms with Crippen molar-refractivity contribution in [1.29, 1.82) is 0 Å². The number of guanidine groups is 1. The molecule has 23 heavy (non-hydrogen) atoms. The normalized spacial score (nSPS) is 15.7. The van der Waals surface area contributed by atoms with E-state index in [2.05, 4.69) is 40.6 Å². The molecule has 0 atom stereocenters. The predicted octanol–water partition coefficient (Wildman–Crippen LogP) is 3.15. The number of aliphatic imine (C=N–C) groups is 1. The van der Waals surface area contributed by atoms with Gasteiger partial charge in [0.25, 0.3) is 0 Å². The quantitative estimate of drug-likeness (QED) is 0.697. The average molecular weight is 311 g/mol. The number of nitrogens with zero attached hydrogens (tertiary/aromatic N) is 4. The number of para-hydroxylation sites is 1. The molecule has 1 N–H and O–H groups in total. The van der Waals surface area contributed by atoms with Crippen LogP contribution in [0.15, 0.2) is 47.7 Å². The smallest absolute Gasteiger partial charge is 0.198 e. The maximum Gasteiger partial charge on any atom is 0.198 e. The molecule has 0 bridgehead atoms. The minimum atomic E-state index is 0.729. The van der Waals surface area contributed by atoms with Gasteiger partial charge in [-0.25, -0.2) is 0 Å². The Labute approximate surface area is 138 Å². The molecule has 5 heteroatoms. The number of likely N-dealkylation sites (tertiary alicyclic amines) is 1. The van der Waals surface area contributed by atoms with E-state index in [4.69, 9.17) is 4.99 Å². The highest BCUT2D eigenvalue weighted by atomic mass is 15.3. The summed E-state index contributed by atoms with van der Waals surface area (Å²) < 4.78 is 1.95. The van der Waals surface area contributed by atoms with Gasteiger partial charge < -0.3 is 10.2 Å². The molecule has 0 unspecified atom stereocenters. The Morgan fingerprint density at radius 1 is 1.17 bits per heavy atom. The molecule has 2 aromatic rings. The van der Waals surface area contributed by atoms with E-state index in [1.807, 2.05) is 29.1 Å². The molecule has 0 amide bonds. The van der Waals surface area contributed by atoms with Crippen molar-refractivity contribution >= 4 is 11.6 Å². The molecular formula is C18H25N5. The number of hydrogen-bond donors (Lipinski definition) is 1. The fourth-order valence-corrected chi connectivity index (χ4v) is 2.82. The van der Waals surface area contributed by atoms with E-state index in [0.29, 0.717) is 0 Å². The first-order chi connectivity index (χ1) is 11.3. The number of rotatable bonds is 4. The molecule has 0 radical (unpaired) electrons. The van der Waals surface area contributed by atoms with Crippen LogP contribution in [0.1, 0.15) is 24.8 Å². The molecule has 0 saturated carbocycles. The zero-order chi connectivity index (χ0) is 15.9. The first kappa shape index (κ1) is 15.6. The maximum atomic E-state index is 4.82. The summed E-state index contributed by atoms with van der Waals surface area (Å²) in [6.07, 6.45) is 7.75. The van der Waals surface area contributed by atoms with Gasteiger partial charge in [-0.15, -0.1) is 0 Å². The molecule has 1 aliphatic heterocycles. The number of anilines is 1. The van der Waals surface area contributed by atoms with Crippen molar-refractivity contribution in [1.82, 2.24) is 14.7 Å². The number of aromatic nitrogens is 2. The topological polar surface area (TPSA) is 45.5 Å². The Morgan fingerprint density at radius 2 is 1.96 bits per heavy atom. The summed E-state index contributed by atoms with van der Waals surface area (Å²) in [5, 5.41) is 7.81. The summed E-state index contributed by atoms with van der Waals surface area (Å²) in [4.78, 5) is 7.18. The molecule has 2 heterocycles. The standard InChI is InChI=1S/C18H25N5/c1-16-14-20-23(15-16)13-10-19-18(22-11-6-3-7-12-22)21-17-8-4-2-5-9-17/h2,4-5,8-9,14-15H,3,6-7,10-13H2,1H3,(H,19,21). The molecule has 5 nitrogen and oxygen atoms in total. The number of piperidine rings is 1. The van der Waals surface area contributed by atoms with Crippen LogP contribution in [-0.2, 0) is 6.54 Å². The van der Waals surface area contributed by atoms with E-state index in [0.717, 1.165) is 37.8 Å². The molecule has 1 saturated heterocycles. The third-order valence-corrected chi connectivity index (χ3v) is 4.04. The molecule has 1 aromatic heterocycles. The largest absolute Gasteiger partial charge is 0.343 e. The van der Waals surface area contributed by atoms with Crippen molar-refractivity contribution in [2.24, 2.45) is 4.99 Å². The summed E-state index contributed by atoms with van der Waals surface area (Å²) in [6, 6.07) is 10.3. The van der Waals surface area contributed by atoms with Gasteiger partial charge in [-0.1, -0.05) is 18.2 Å². The Balaban J connectivity index is 1.67. The second-order valence-electron chi connectivity index (χ2n) is 6.02. The van der Waals surface area contributed by atoms with Gasteiger partial charge in [0.05, 0.1) is 19.3 Å². The second-order valence-corrected chi connectivity index (χ2v) is 6.02. The van der Waals surface area contributed by atoms with Gasteiger partial charge in [-0.05, 0) is 43.9 Å². The van der Waals surface area contributed by atoms with Gasteiger partial charge in [-0.3, -0.25) is 9.67 Å². The van der Waals surface area contributed by atoms with Crippen molar-refractivity contribution in [2.45, 2.75) is 32.7 Å². The third-order valence-electron chi connectivity index (χ3n) is 4.04. The summed E-state index contributed by atoms with van der Waals surface area (Å²) in [5.41, 5.74) is 2.28. The average Bonchev–Trinajstić information content (AvgIpc) is 3.01. The lowest BCUT2D eigenvalue weighted by atomic mass is 10.1. The molecule has 0 aliphatic carbocycles. The third kappa shape index (κ3) is 4.58. The lowest BCUT2D eigenvalue weighted by Gasteiger charge is -2.30. The van der Waals surface area contributed by atoms with Crippen molar-refractivity contribution < 1.29 is 0 Å². The molecule has 1 aliphatic rings. The number of nitrogens with one attached hydrogen (secondary N) is 1. The lowest BCUT2D eigenvalue weighted by molar-refractivity contribution is 0.340. The van der Waals surface area contributed by atoms with Crippen LogP contribution >= 0.6 is 0 Å². The number of benzene rings is 1. The van der Waals surface area contributed by atoms with E-state index >= 15 is 0 Å². The predicted molar refractivity (Wildman–Crippen MR) is 94.8 cm³/mol. The maximum absolute atomic E-state index is 4.82. The van der Waals surface area contributed by atoms with Crippen LogP contribution in [0.25, 0.3) is 0 Å². The van der Waals surface area contributed by atoms with Crippen molar-refractivity contribution in [2.75, 3.05) is 25.0 Å². The molecule has 0 spiro atoms. The van der Waals surface area contributed by atoms with Gasteiger partial charge in [0.1, 0.15) is 0 Å². The fraction of sp³-hybridized carbons (Fsp3) is 0.444. The van der Waals surface area contributed by atoms with Crippen LogP contribution in [0.3, 0.4) is 0 Å². The zero-order valence-corrected chi connectivity index (χ0v) is 13.8. The minimum Gasteiger partial charge on any atom is -0.343 e. The zero-order valence-electron chi connectivity index (χ0n) is 13.8. The van der Waals surface area contributed by atoms with Crippen molar-refractivity contribution in [3.8, 4) is 0 Å². The molecular weight excluding hydrogens is 286 g/mol. The molecule has 1 fully saturated rings. The van der Waals surface area contributed by atoms with Crippen LogP contribution in [0.4, 0.5) is 5.69 Å². The monoisotopic (exact) mass is 311 g/mol. The van der Waals surface area contributed by atoms with Crippen LogP contribution in [0, 0.1) is 6.92 Å². The van der Waals surface area contributed by atoms with E-state index in [1.54, 1.807) is 0 Å². The molecule has 1 aromatic carbocycles. The lowest BCUT2D eigenvalue weighted by Crippen LogP contribution is -2.40. The van der Waals surface area contributed by atoms with Crippen LogP contribution < -0.4 is 5.32 Å². The SMILES string of the molecule is Cc1cnn(CCN=C(Nc2ccccc2)N2CCCCC2)c1. The van der Waals surface area contributed by atoms with Crippen molar-refractivity contribution in [3.63, 3.8) is 0 Å². The highest BCUT2D eigenvalue weighted by Crippen LogP contribution is 2.12. The first-order valence-electron chi connectivity index (χ1n) is 8.42. The van der Waals surface area contributed by atoms with Gasteiger partial charge >= 0.3 is 0 Å². The van der Waals surface area contributed by atoms with E-state index < -0.39 is 0 Å². The van der Waals surface area contributed by atoms with Crippen LogP contribution in [0.2, 0.25) is 0 Å². The van der Waals surface area contributed by atoms with Crippen LogP contribution in [-0.4, -0.2) is 40.3 Å². The van der Waals surface area contributed by atoms with Gasteiger partial charge in [0.2, 0.25) is 0 Å². The minimum absolute atomic E-state index is 0.729. The Hall–Kier alpha value is -2.30. The van der Waals surface area contributed by atoms with Gasteiger partial charge in [0, 0.05) is 25.0 Å². The highest BCUT2D eigenvalue weighted by molar-refractivity contribution is 5.93. The van der Waals surface area contributed by atoms with Crippen LogP contribution in [0.5, 0.6) is 0 Å². The Bertz CT molecular complexity index is 626. The van der Waals surface area contributed by atoms with E-state index in [1.165, 1.54) is 24.8 Å². The summed E-state index contributed by atoms with van der Waals surface area (Å²) >= 11 is 0. The number of hydrogen-bond acceptors (Lipinski definition) is 2. The summed E-state index contributed by atoms with van der Waals surface area (Å²) in [6.45, 7) is 5.76. The molecule has 3 rings (SSSR count). The Kier molecular flexibility index (Phi) is 5.29. The van der Waals surface area contributed by atoms with E-state index in [-0.39, 0.29) is 0 Å². The number of aryl methyl sites for hydroxylation is 1. The van der Waals surface area contributed by atoms with Gasteiger partial charge in [0.15, 0.2) is 5.96 Å². The van der Waals surface area contributed by atoms with Crippen molar-refractivity contribution in [3.05, 3.63) is 48.3 Å². The van der Waals surface area contributed by atoms with Gasteiger partial charge in [-0.2, -0.15) is 5.10 Å². The molecule has 122 valence electrons. The first-order valence-corrected chi connectivity index (χ1v) is 8.42. The van der Waals surface area contributed by atoms with E-state index in [9.17, 15) is 0 Å². The Morgan fingerprint density at radius 3 is 2.65 bits per heavy atom. The summed E-state index contributed by atoms with van der Waals surface area (Å²) in [5.74, 6) is 0.986. The second kappa shape index (κ2) is 7.81. The summed E-state index contributed by atoms with van der Waals surface area (Å²) in [7, 11) is 0. The highest BCUT2D eigenvalue weighted by Gasteiger charge is 2.14. The fourth-order valence-electron chi connectivity index (χ4n) is 2.82.